The van der Waals surface area contributed by atoms with E-state index in [2.05, 4.69) is 15.6 Å². The maximum Gasteiger partial charge on any atom is 0.228 e. The van der Waals surface area contributed by atoms with Gasteiger partial charge in [-0.1, -0.05) is 6.92 Å². The van der Waals surface area contributed by atoms with E-state index in [1.165, 1.54) is 0 Å². The number of nitrogens with one attached hydrogen (secondary N) is 2. The summed E-state index contributed by atoms with van der Waals surface area (Å²) in [5, 5.41) is 6.04. The van der Waals surface area contributed by atoms with Gasteiger partial charge in [-0.3, -0.25) is 4.79 Å². The minimum atomic E-state index is 0.0292. The van der Waals surface area contributed by atoms with Gasteiger partial charge in [0.1, 0.15) is 5.82 Å². The second-order valence-electron chi connectivity index (χ2n) is 4.99. The molecular formula is C13H20N4O. The molecule has 1 aromatic rings. The molecule has 1 saturated heterocycles. The lowest BCUT2D eigenvalue weighted by Crippen LogP contribution is -2.48. The quantitative estimate of drug-likeness (QED) is 0.832. The first-order chi connectivity index (χ1) is 8.58. The Morgan fingerprint density at radius 1 is 1.50 bits per heavy atom. The van der Waals surface area contributed by atoms with Crippen molar-refractivity contribution in [3.63, 3.8) is 0 Å². The fourth-order valence-electron chi connectivity index (χ4n) is 1.84. The molecule has 1 aliphatic heterocycles. The van der Waals surface area contributed by atoms with Crippen molar-refractivity contribution in [2.24, 2.45) is 11.8 Å². The van der Waals surface area contributed by atoms with Gasteiger partial charge in [0.2, 0.25) is 5.91 Å². The number of nitrogens with zero attached hydrogens (tertiary/aromatic N) is 2. The van der Waals surface area contributed by atoms with Gasteiger partial charge in [-0.2, -0.15) is 0 Å². The molecule has 1 amide bonds. The summed E-state index contributed by atoms with van der Waals surface area (Å²) in [6, 6.07) is 3.77. The maximum atomic E-state index is 12.0. The van der Waals surface area contributed by atoms with E-state index >= 15 is 0 Å². The van der Waals surface area contributed by atoms with Gasteiger partial charge >= 0.3 is 0 Å². The van der Waals surface area contributed by atoms with Crippen LogP contribution >= 0.6 is 0 Å². The Morgan fingerprint density at radius 3 is 2.67 bits per heavy atom. The highest BCUT2D eigenvalue weighted by atomic mass is 16.1. The van der Waals surface area contributed by atoms with E-state index in [0.717, 1.165) is 18.8 Å². The van der Waals surface area contributed by atoms with E-state index in [1.54, 1.807) is 6.20 Å². The average Bonchev–Trinajstić information content (AvgIpc) is 2.27. The molecule has 0 aliphatic carbocycles. The van der Waals surface area contributed by atoms with E-state index in [0.29, 0.717) is 11.7 Å². The molecule has 0 spiro atoms. The number of hydrogen-bond donors (Lipinski definition) is 2. The summed E-state index contributed by atoms with van der Waals surface area (Å²) in [4.78, 5) is 18.2. The Hall–Kier alpha value is -1.62. The first-order valence-corrected chi connectivity index (χ1v) is 6.23. The third-order valence-corrected chi connectivity index (χ3v) is 3.45. The molecule has 0 saturated carbocycles. The summed E-state index contributed by atoms with van der Waals surface area (Å²) in [5.41, 5.74) is 1.02. The van der Waals surface area contributed by atoms with Gasteiger partial charge in [0.25, 0.3) is 0 Å². The van der Waals surface area contributed by atoms with Crippen LogP contribution in [-0.4, -0.2) is 38.1 Å². The topological polar surface area (TPSA) is 57.3 Å². The molecule has 0 radical (unpaired) electrons. The van der Waals surface area contributed by atoms with Crippen LogP contribution in [0.2, 0.25) is 0 Å². The van der Waals surface area contributed by atoms with Crippen molar-refractivity contribution in [1.82, 2.24) is 10.3 Å². The maximum absolute atomic E-state index is 12.0. The van der Waals surface area contributed by atoms with Crippen LogP contribution < -0.4 is 15.5 Å². The number of pyridine rings is 1. The van der Waals surface area contributed by atoms with Crippen LogP contribution in [0.15, 0.2) is 18.3 Å². The largest absolute Gasteiger partial charge is 0.376 e. The van der Waals surface area contributed by atoms with E-state index in [9.17, 15) is 4.79 Å². The summed E-state index contributed by atoms with van der Waals surface area (Å²) in [5.74, 6) is 1.14. The molecule has 1 fully saturated rings. The number of anilines is 2. The molecule has 18 heavy (non-hydrogen) atoms. The molecule has 0 bridgehead atoms. The van der Waals surface area contributed by atoms with Crippen molar-refractivity contribution in [3.05, 3.63) is 18.3 Å². The lowest BCUT2D eigenvalue weighted by atomic mass is 9.88. The van der Waals surface area contributed by atoms with Crippen molar-refractivity contribution >= 4 is 17.4 Å². The smallest absolute Gasteiger partial charge is 0.228 e. The second-order valence-corrected chi connectivity index (χ2v) is 4.99. The lowest BCUT2D eigenvalue weighted by molar-refractivity contribution is -0.121. The zero-order valence-electron chi connectivity index (χ0n) is 11.1. The van der Waals surface area contributed by atoms with Crippen molar-refractivity contribution in [2.45, 2.75) is 6.92 Å². The molecule has 0 aromatic carbocycles. The molecule has 1 aromatic heterocycles. The SMILES string of the molecule is CC(C(=O)Nc1ccc(N(C)C)cn1)C1CNC1. The first kappa shape index (κ1) is 12.8. The van der Waals surface area contributed by atoms with Gasteiger partial charge in [0.15, 0.2) is 0 Å². The average molecular weight is 248 g/mol. The minimum Gasteiger partial charge on any atom is -0.376 e. The van der Waals surface area contributed by atoms with Crippen molar-refractivity contribution in [1.29, 1.82) is 0 Å². The van der Waals surface area contributed by atoms with Crippen LogP contribution in [-0.2, 0) is 4.79 Å². The molecule has 2 rings (SSSR count). The third-order valence-electron chi connectivity index (χ3n) is 3.45. The van der Waals surface area contributed by atoms with Crippen LogP contribution in [0.1, 0.15) is 6.92 Å². The monoisotopic (exact) mass is 248 g/mol. The Balaban J connectivity index is 1.94. The molecule has 98 valence electrons. The molecule has 1 aliphatic rings. The number of amides is 1. The van der Waals surface area contributed by atoms with Crippen molar-refractivity contribution < 1.29 is 4.79 Å². The van der Waals surface area contributed by atoms with Crippen molar-refractivity contribution in [2.75, 3.05) is 37.4 Å². The Labute approximate surface area is 108 Å². The highest BCUT2D eigenvalue weighted by Gasteiger charge is 2.28. The van der Waals surface area contributed by atoms with E-state index in [4.69, 9.17) is 0 Å². The Bertz CT molecular complexity index is 412. The summed E-state index contributed by atoms with van der Waals surface area (Å²) >= 11 is 0. The van der Waals surface area contributed by atoms with Gasteiger partial charge in [0, 0.05) is 20.0 Å². The number of aromatic nitrogens is 1. The highest BCUT2D eigenvalue weighted by Crippen LogP contribution is 2.18. The predicted molar refractivity (Wildman–Crippen MR) is 72.7 cm³/mol. The molecule has 2 heterocycles. The third kappa shape index (κ3) is 2.79. The summed E-state index contributed by atoms with van der Waals surface area (Å²) in [6.07, 6.45) is 1.76. The minimum absolute atomic E-state index is 0.0292. The van der Waals surface area contributed by atoms with E-state index < -0.39 is 0 Å². The summed E-state index contributed by atoms with van der Waals surface area (Å²) < 4.78 is 0. The Kier molecular flexibility index (Phi) is 3.81. The van der Waals surface area contributed by atoms with Gasteiger partial charge < -0.3 is 15.5 Å². The van der Waals surface area contributed by atoms with Gasteiger partial charge in [0.05, 0.1) is 11.9 Å². The van der Waals surface area contributed by atoms with E-state index in [1.807, 2.05) is 38.1 Å². The first-order valence-electron chi connectivity index (χ1n) is 6.23. The van der Waals surface area contributed by atoms with Crippen LogP contribution in [0.3, 0.4) is 0 Å². The van der Waals surface area contributed by atoms with Crippen LogP contribution in [0, 0.1) is 11.8 Å². The molecule has 5 nitrogen and oxygen atoms in total. The highest BCUT2D eigenvalue weighted by molar-refractivity contribution is 5.91. The van der Waals surface area contributed by atoms with E-state index in [-0.39, 0.29) is 11.8 Å². The number of carbonyl (C=O) groups excluding carboxylic acids is 1. The number of hydrogen-bond acceptors (Lipinski definition) is 4. The molecule has 2 N–H and O–H groups in total. The summed E-state index contributed by atoms with van der Waals surface area (Å²) in [6.45, 7) is 3.83. The van der Waals surface area contributed by atoms with Crippen molar-refractivity contribution in [3.8, 4) is 0 Å². The predicted octanol–water partition coefficient (Wildman–Crippen LogP) is 0.942. The normalized spacial score (nSPS) is 16.8. The van der Waals surface area contributed by atoms with Gasteiger partial charge in [-0.15, -0.1) is 0 Å². The number of carbonyl (C=O) groups is 1. The summed E-state index contributed by atoms with van der Waals surface area (Å²) in [7, 11) is 3.92. The fourth-order valence-corrected chi connectivity index (χ4v) is 1.84. The zero-order valence-corrected chi connectivity index (χ0v) is 11.1. The second kappa shape index (κ2) is 5.35. The van der Waals surface area contributed by atoms with Gasteiger partial charge in [-0.05, 0) is 31.1 Å². The fraction of sp³-hybridized carbons (Fsp3) is 0.538. The molecule has 5 heteroatoms. The number of rotatable bonds is 4. The Morgan fingerprint density at radius 2 is 2.22 bits per heavy atom. The van der Waals surface area contributed by atoms with Crippen LogP contribution in [0.25, 0.3) is 0 Å². The molecular weight excluding hydrogens is 228 g/mol. The van der Waals surface area contributed by atoms with Crippen LogP contribution in [0.4, 0.5) is 11.5 Å². The van der Waals surface area contributed by atoms with Gasteiger partial charge in [-0.25, -0.2) is 4.98 Å². The molecule has 1 unspecified atom stereocenters. The van der Waals surface area contributed by atoms with Crippen LogP contribution in [0.5, 0.6) is 0 Å². The lowest BCUT2D eigenvalue weighted by Gasteiger charge is -2.31. The molecule has 1 atom stereocenters. The standard InChI is InChI=1S/C13H20N4O/c1-9(10-6-14-7-10)13(18)16-12-5-4-11(8-15-12)17(2)3/h4-5,8-10,14H,6-7H2,1-3H3,(H,15,16,18). The zero-order chi connectivity index (χ0) is 13.1.